The summed E-state index contributed by atoms with van der Waals surface area (Å²) in [6.07, 6.45) is 8.40. The largest absolute Gasteiger partial charge is 0.392 e. The fourth-order valence-electron chi connectivity index (χ4n) is 6.74. The third kappa shape index (κ3) is 5.46. The molecule has 0 unspecified atom stereocenters. The molecule has 0 bridgehead atoms. The van der Waals surface area contributed by atoms with E-state index in [1.165, 1.54) is 18.0 Å². The minimum Gasteiger partial charge on any atom is -0.392 e. The lowest BCUT2D eigenvalue weighted by molar-refractivity contribution is -0.149. The van der Waals surface area contributed by atoms with Crippen LogP contribution in [0.15, 0.2) is 48.9 Å². The van der Waals surface area contributed by atoms with Gasteiger partial charge in [-0.25, -0.2) is 4.98 Å². The van der Waals surface area contributed by atoms with Crippen LogP contribution in [-0.4, -0.2) is 57.5 Å². The van der Waals surface area contributed by atoms with Crippen LogP contribution in [0.3, 0.4) is 0 Å². The number of hydrogen-bond donors (Lipinski definition) is 2. The van der Waals surface area contributed by atoms with E-state index in [-0.39, 0.29) is 46.9 Å². The maximum Gasteiger partial charge on any atom is 0.271 e. The zero-order valence-electron chi connectivity index (χ0n) is 21.9. The van der Waals surface area contributed by atoms with Gasteiger partial charge in [-0.05, 0) is 60.8 Å². The SMILES string of the molecule is C[C@H]1[C@@H]2[C@@H](O)[C@@H]([C@H](C)C(=O)N(C)CCc3ccccc3)CC[C@@]2(C)CC[C@@H]1NC(=O)c1cnccn1. The van der Waals surface area contributed by atoms with Gasteiger partial charge in [0.25, 0.3) is 5.91 Å². The maximum absolute atomic E-state index is 13.3. The standard InChI is InChI=1S/C29H40N4O3/c1-19(28(36)33(4)17-12-21-8-6-5-7-9-21)22-10-13-29(3)14-11-23(20(2)25(29)26(22)34)32-27(35)24-18-30-15-16-31-24/h5-9,15-16,18-20,22-23,25-26,34H,10-14,17H2,1-4H3,(H,32,35)/t19-,20+,22+,23-,25+,26-,29-/m0/s1. The fourth-order valence-corrected chi connectivity index (χ4v) is 6.74. The summed E-state index contributed by atoms with van der Waals surface area (Å²) in [7, 11) is 1.86. The van der Waals surface area contributed by atoms with Crippen LogP contribution in [0.5, 0.6) is 0 Å². The van der Waals surface area contributed by atoms with Gasteiger partial charge in [0.15, 0.2) is 0 Å². The number of aliphatic hydroxyl groups is 1. The quantitative estimate of drug-likeness (QED) is 0.614. The van der Waals surface area contributed by atoms with Gasteiger partial charge in [-0.15, -0.1) is 0 Å². The zero-order valence-corrected chi connectivity index (χ0v) is 21.9. The van der Waals surface area contributed by atoms with Crippen molar-refractivity contribution < 1.29 is 14.7 Å². The van der Waals surface area contributed by atoms with E-state index in [4.69, 9.17) is 0 Å². The first-order chi connectivity index (χ1) is 17.2. The molecule has 2 aliphatic rings. The lowest BCUT2D eigenvalue weighted by Gasteiger charge is -2.56. The normalized spacial score (nSPS) is 30.6. The van der Waals surface area contributed by atoms with E-state index in [0.717, 1.165) is 32.1 Å². The Morgan fingerprint density at radius 1 is 1.19 bits per heavy atom. The lowest BCUT2D eigenvalue weighted by Crippen LogP contribution is -2.58. The number of likely N-dealkylation sites (N-methyl/N-ethyl adjacent to an activating group) is 1. The van der Waals surface area contributed by atoms with Gasteiger partial charge in [0.1, 0.15) is 5.69 Å². The average Bonchev–Trinajstić information content (AvgIpc) is 2.89. The highest BCUT2D eigenvalue weighted by atomic mass is 16.3. The van der Waals surface area contributed by atoms with Gasteiger partial charge in [0.05, 0.1) is 12.3 Å². The van der Waals surface area contributed by atoms with Gasteiger partial charge in [-0.3, -0.25) is 14.6 Å². The first-order valence-electron chi connectivity index (χ1n) is 13.2. The van der Waals surface area contributed by atoms with E-state index >= 15 is 0 Å². The van der Waals surface area contributed by atoms with Gasteiger partial charge in [0.2, 0.25) is 5.91 Å². The van der Waals surface area contributed by atoms with Crippen molar-refractivity contribution >= 4 is 11.8 Å². The van der Waals surface area contributed by atoms with Crippen molar-refractivity contribution in [3.63, 3.8) is 0 Å². The second-order valence-corrected chi connectivity index (χ2v) is 11.2. The fraction of sp³-hybridized carbons (Fsp3) is 0.586. The molecule has 2 aliphatic carbocycles. The van der Waals surface area contributed by atoms with Crippen molar-refractivity contribution in [2.45, 2.75) is 65.0 Å². The van der Waals surface area contributed by atoms with Gasteiger partial charge < -0.3 is 15.3 Å². The summed E-state index contributed by atoms with van der Waals surface area (Å²) in [4.78, 5) is 36.0. The molecule has 36 heavy (non-hydrogen) atoms. The molecule has 2 fully saturated rings. The van der Waals surface area contributed by atoms with Gasteiger partial charge >= 0.3 is 0 Å². The highest BCUT2D eigenvalue weighted by molar-refractivity contribution is 5.92. The monoisotopic (exact) mass is 492 g/mol. The van der Waals surface area contributed by atoms with Crippen molar-refractivity contribution in [3.8, 4) is 0 Å². The number of carbonyl (C=O) groups excluding carboxylic acids is 2. The van der Waals surface area contributed by atoms with E-state index in [1.807, 2.05) is 37.1 Å². The number of amides is 2. The molecule has 7 atom stereocenters. The second-order valence-electron chi connectivity index (χ2n) is 11.2. The molecule has 7 heteroatoms. The first kappa shape index (κ1) is 26.3. The van der Waals surface area contributed by atoms with Crippen molar-refractivity contribution in [2.75, 3.05) is 13.6 Å². The van der Waals surface area contributed by atoms with Crippen molar-refractivity contribution in [3.05, 3.63) is 60.2 Å². The molecule has 0 saturated heterocycles. The predicted octanol–water partition coefficient (Wildman–Crippen LogP) is 3.74. The lowest BCUT2D eigenvalue weighted by atomic mass is 9.51. The van der Waals surface area contributed by atoms with Crippen molar-refractivity contribution in [1.82, 2.24) is 20.2 Å². The molecule has 2 aromatic rings. The first-order valence-corrected chi connectivity index (χ1v) is 13.2. The van der Waals surface area contributed by atoms with Crippen LogP contribution in [-0.2, 0) is 11.2 Å². The van der Waals surface area contributed by atoms with Gasteiger partial charge in [-0.1, -0.05) is 51.1 Å². The number of hydrogen-bond acceptors (Lipinski definition) is 5. The molecule has 0 radical (unpaired) electrons. The van der Waals surface area contributed by atoms with Gasteiger partial charge in [0, 0.05) is 37.9 Å². The van der Waals surface area contributed by atoms with Crippen LogP contribution in [0.1, 0.15) is 62.5 Å². The van der Waals surface area contributed by atoms with E-state index in [2.05, 4.69) is 41.3 Å². The minimum absolute atomic E-state index is 0.00505. The number of fused-ring (bicyclic) bond motifs is 1. The number of benzene rings is 1. The smallest absolute Gasteiger partial charge is 0.271 e. The van der Waals surface area contributed by atoms with Crippen molar-refractivity contribution in [1.29, 1.82) is 0 Å². The number of rotatable bonds is 7. The number of nitrogens with one attached hydrogen (secondary N) is 1. The molecule has 4 rings (SSSR count). The van der Waals surface area contributed by atoms with Crippen LogP contribution in [0.2, 0.25) is 0 Å². The molecule has 2 amide bonds. The zero-order chi connectivity index (χ0) is 25.9. The summed E-state index contributed by atoms with van der Waals surface area (Å²) in [6, 6.07) is 10.1. The summed E-state index contributed by atoms with van der Waals surface area (Å²) in [6.45, 7) is 7.03. The summed E-state index contributed by atoms with van der Waals surface area (Å²) < 4.78 is 0. The molecule has 0 aliphatic heterocycles. The van der Waals surface area contributed by atoms with E-state index in [0.29, 0.717) is 12.2 Å². The third-order valence-electron chi connectivity index (χ3n) is 8.99. The van der Waals surface area contributed by atoms with E-state index < -0.39 is 6.10 Å². The Labute approximate surface area is 214 Å². The molecule has 194 valence electrons. The number of aliphatic hydroxyl groups excluding tert-OH is 1. The van der Waals surface area contributed by atoms with Crippen molar-refractivity contribution in [2.24, 2.45) is 29.1 Å². The maximum atomic E-state index is 13.3. The topological polar surface area (TPSA) is 95.4 Å². The molecular formula is C29H40N4O3. The second kappa shape index (κ2) is 11.1. The van der Waals surface area contributed by atoms with Crippen LogP contribution in [0.4, 0.5) is 0 Å². The molecule has 0 spiro atoms. The summed E-state index contributed by atoms with van der Waals surface area (Å²) in [5, 5.41) is 14.8. The average molecular weight is 493 g/mol. The molecule has 2 N–H and O–H groups in total. The Bertz CT molecular complexity index is 1030. The van der Waals surface area contributed by atoms with Crippen LogP contribution in [0, 0.1) is 29.1 Å². The molecular weight excluding hydrogens is 452 g/mol. The van der Waals surface area contributed by atoms with E-state index in [1.54, 1.807) is 6.20 Å². The van der Waals surface area contributed by atoms with Crippen LogP contribution >= 0.6 is 0 Å². The summed E-state index contributed by atoms with van der Waals surface area (Å²) >= 11 is 0. The summed E-state index contributed by atoms with van der Waals surface area (Å²) in [5.41, 5.74) is 1.52. The molecule has 7 nitrogen and oxygen atoms in total. The number of aromatic nitrogens is 2. The molecule has 1 heterocycles. The van der Waals surface area contributed by atoms with Crippen LogP contribution in [0.25, 0.3) is 0 Å². The Morgan fingerprint density at radius 2 is 1.92 bits per heavy atom. The number of nitrogens with zero attached hydrogens (tertiary/aromatic N) is 3. The van der Waals surface area contributed by atoms with Gasteiger partial charge in [-0.2, -0.15) is 0 Å². The third-order valence-corrected chi connectivity index (χ3v) is 8.99. The predicted molar refractivity (Wildman–Crippen MR) is 139 cm³/mol. The molecule has 1 aromatic carbocycles. The Morgan fingerprint density at radius 3 is 2.61 bits per heavy atom. The Kier molecular flexibility index (Phi) is 8.08. The summed E-state index contributed by atoms with van der Waals surface area (Å²) in [5.74, 6) is -0.385. The minimum atomic E-state index is -0.587. The number of carbonyl (C=O) groups is 2. The molecule has 2 saturated carbocycles. The van der Waals surface area contributed by atoms with Crippen LogP contribution < -0.4 is 5.32 Å². The highest BCUT2D eigenvalue weighted by Gasteiger charge is 2.54. The highest BCUT2D eigenvalue weighted by Crippen LogP contribution is 2.55. The van der Waals surface area contributed by atoms with E-state index in [9.17, 15) is 14.7 Å². The molecule has 1 aromatic heterocycles. The Hall–Kier alpha value is -2.80. The Balaban J connectivity index is 1.41.